The Morgan fingerprint density at radius 2 is 2.00 bits per heavy atom. The third-order valence-corrected chi connectivity index (χ3v) is 3.25. The molecule has 7 heteroatoms. The molecule has 0 aliphatic heterocycles. The fourth-order valence-electron chi connectivity index (χ4n) is 1.87. The average Bonchev–Trinajstić information content (AvgIpc) is 2.41. The maximum atomic E-state index is 12.0. The summed E-state index contributed by atoms with van der Waals surface area (Å²) in [6.07, 6.45) is 0. The summed E-state index contributed by atoms with van der Waals surface area (Å²) in [6.45, 7) is 2.44. The first-order chi connectivity index (χ1) is 9.10. The lowest BCUT2D eigenvalue weighted by Crippen LogP contribution is -2.16. The Morgan fingerprint density at radius 3 is 2.74 bits per heavy atom. The van der Waals surface area contributed by atoms with Gasteiger partial charge in [0, 0.05) is 11.6 Å². The predicted molar refractivity (Wildman–Crippen MR) is 74.8 cm³/mol. The molecule has 0 amide bonds. The smallest absolute Gasteiger partial charge is 0.246 e. The molecule has 0 spiro atoms. The second kappa shape index (κ2) is 4.43. The molecule has 0 atom stereocenters. The van der Waals surface area contributed by atoms with Crippen molar-refractivity contribution in [3.05, 3.63) is 38.6 Å². The molecule has 3 rings (SSSR count). The number of aromatic nitrogens is 4. The molecule has 0 N–H and O–H groups in total. The van der Waals surface area contributed by atoms with Crippen molar-refractivity contribution in [1.82, 2.24) is 19.7 Å². The third kappa shape index (κ3) is 1.95. The van der Waals surface area contributed by atoms with Gasteiger partial charge in [-0.15, -0.1) is 0 Å². The van der Waals surface area contributed by atoms with Crippen LogP contribution in [0, 0.1) is 0 Å². The topological polar surface area (TPSA) is 60.7 Å². The summed E-state index contributed by atoms with van der Waals surface area (Å²) < 4.78 is 1.56. The highest BCUT2D eigenvalue weighted by Gasteiger charge is 2.12. The van der Waals surface area contributed by atoms with Gasteiger partial charge in [-0.05, 0) is 25.1 Å². The standard InChI is InChI=1S/C12H8Cl2N4O/c1-2-18-12-9(10(19)11(14)17-18)15-8-5-6(13)3-4-7(8)16-12/h3-5H,2H2,1H3. The molecule has 96 valence electrons. The number of nitrogens with zero attached hydrogens (tertiary/aromatic N) is 4. The molecule has 0 radical (unpaired) electrons. The van der Waals surface area contributed by atoms with E-state index in [1.165, 1.54) is 0 Å². The van der Waals surface area contributed by atoms with Crippen LogP contribution in [0.15, 0.2) is 23.0 Å². The van der Waals surface area contributed by atoms with Gasteiger partial charge in [-0.3, -0.25) is 4.79 Å². The lowest BCUT2D eigenvalue weighted by atomic mass is 10.3. The van der Waals surface area contributed by atoms with Crippen molar-refractivity contribution in [3.63, 3.8) is 0 Å². The molecule has 0 saturated carbocycles. The maximum absolute atomic E-state index is 12.0. The summed E-state index contributed by atoms with van der Waals surface area (Å²) in [5.74, 6) is 0. The van der Waals surface area contributed by atoms with E-state index in [1.54, 1.807) is 22.9 Å². The van der Waals surface area contributed by atoms with Gasteiger partial charge in [-0.25, -0.2) is 14.6 Å². The Hall–Kier alpha value is -1.72. The van der Waals surface area contributed by atoms with Crippen LogP contribution in [0.4, 0.5) is 0 Å². The van der Waals surface area contributed by atoms with E-state index in [0.29, 0.717) is 28.2 Å². The van der Waals surface area contributed by atoms with Crippen LogP contribution >= 0.6 is 23.2 Å². The molecule has 0 aliphatic carbocycles. The summed E-state index contributed by atoms with van der Waals surface area (Å²) in [5, 5.41) is 4.42. The fraction of sp³-hybridized carbons (Fsp3) is 0.167. The zero-order valence-electron chi connectivity index (χ0n) is 9.89. The number of hydrogen-bond donors (Lipinski definition) is 0. The number of hydrogen-bond acceptors (Lipinski definition) is 4. The number of fused-ring (bicyclic) bond motifs is 2. The van der Waals surface area contributed by atoms with Crippen LogP contribution in [-0.2, 0) is 6.54 Å². The Bertz CT molecular complexity index is 860. The van der Waals surface area contributed by atoms with Gasteiger partial charge in [0.15, 0.2) is 16.3 Å². The van der Waals surface area contributed by atoms with Gasteiger partial charge in [0.1, 0.15) is 0 Å². The molecule has 5 nitrogen and oxygen atoms in total. The molecule has 19 heavy (non-hydrogen) atoms. The molecule has 0 aliphatic rings. The quantitative estimate of drug-likeness (QED) is 0.648. The van der Waals surface area contributed by atoms with Gasteiger partial charge in [-0.2, -0.15) is 5.10 Å². The number of aryl methyl sites for hydroxylation is 1. The van der Waals surface area contributed by atoms with E-state index in [9.17, 15) is 4.79 Å². The number of halogens is 2. The molecule has 0 unspecified atom stereocenters. The van der Waals surface area contributed by atoms with Crippen molar-refractivity contribution in [1.29, 1.82) is 0 Å². The van der Waals surface area contributed by atoms with E-state index in [1.807, 2.05) is 6.92 Å². The first-order valence-corrected chi connectivity index (χ1v) is 6.39. The van der Waals surface area contributed by atoms with Crippen LogP contribution in [0.3, 0.4) is 0 Å². The first kappa shape index (κ1) is 12.3. The Balaban J connectivity index is 2.53. The fourth-order valence-corrected chi connectivity index (χ4v) is 2.21. The van der Waals surface area contributed by atoms with E-state index in [-0.39, 0.29) is 10.7 Å². The highest BCUT2D eigenvalue weighted by atomic mass is 35.5. The highest BCUT2D eigenvalue weighted by Crippen LogP contribution is 2.18. The van der Waals surface area contributed by atoms with E-state index in [4.69, 9.17) is 23.2 Å². The van der Waals surface area contributed by atoms with Gasteiger partial charge in [-0.1, -0.05) is 23.2 Å². The van der Waals surface area contributed by atoms with Crippen molar-refractivity contribution in [2.45, 2.75) is 13.5 Å². The molecule has 1 aromatic carbocycles. The van der Waals surface area contributed by atoms with Crippen molar-refractivity contribution < 1.29 is 0 Å². The highest BCUT2D eigenvalue weighted by molar-refractivity contribution is 6.31. The minimum Gasteiger partial charge on any atom is -0.284 e. The van der Waals surface area contributed by atoms with Crippen molar-refractivity contribution in [3.8, 4) is 0 Å². The van der Waals surface area contributed by atoms with Gasteiger partial charge >= 0.3 is 0 Å². The van der Waals surface area contributed by atoms with Crippen LogP contribution in [0.5, 0.6) is 0 Å². The lowest BCUT2D eigenvalue weighted by molar-refractivity contribution is 0.661. The summed E-state index contributed by atoms with van der Waals surface area (Å²) in [4.78, 5) is 20.7. The number of benzene rings is 1. The molecule has 0 bridgehead atoms. The minimum atomic E-state index is -0.421. The van der Waals surface area contributed by atoms with Gasteiger partial charge in [0.2, 0.25) is 5.43 Å². The largest absolute Gasteiger partial charge is 0.284 e. The summed E-state index contributed by atoms with van der Waals surface area (Å²) in [7, 11) is 0. The van der Waals surface area contributed by atoms with E-state index in [0.717, 1.165) is 0 Å². The number of rotatable bonds is 1. The second-order valence-electron chi connectivity index (χ2n) is 3.96. The SMILES string of the molecule is CCn1nc(Cl)c(=O)c2nc3cc(Cl)ccc3nc21. The lowest BCUT2D eigenvalue weighted by Gasteiger charge is -2.07. The Kier molecular flexibility index (Phi) is 2.88. The molecule has 0 fully saturated rings. The zero-order valence-corrected chi connectivity index (χ0v) is 11.4. The molecule has 2 heterocycles. The molecule has 0 saturated heterocycles. The maximum Gasteiger partial charge on any atom is 0.246 e. The van der Waals surface area contributed by atoms with E-state index in [2.05, 4.69) is 15.1 Å². The third-order valence-electron chi connectivity index (χ3n) is 2.76. The molecule has 3 aromatic rings. The predicted octanol–water partition coefficient (Wildman–Crippen LogP) is 2.67. The molecular weight excluding hydrogens is 287 g/mol. The van der Waals surface area contributed by atoms with Gasteiger partial charge in [0.25, 0.3) is 0 Å². The van der Waals surface area contributed by atoms with E-state index < -0.39 is 5.43 Å². The van der Waals surface area contributed by atoms with Crippen LogP contribution in [0.2, 0.25) is 10.2 Å². The first-order valence-electron chi connectivity index (χ1n) is 5.64. The summed E-state index contributed by atoms with van der Waals surface area (Å²) in [5.41, 5.74) is 1.42. The molecular formula is C12H8Cl2N4O. The van der Waals surface area contributed by atoms with Crippen LogP contribution in [0.25, 0.3) is 22.2 Å². The zero-order chi connectivity index (χ0) is 13.6. The second-order valence-corrected chi connectivity index (χ2v) is 4.76. The van der Waals surface area contributed by atoms with Crippen molar-refractivity contribution >= 4 is 45.4 Å². The van der Waals surface area contributed by atoms with Crippen LogP contribution in [0.1, 0.15) is 6.92 Å². The van der Waals surface area contributed by atoms with Crippen molar-refractivity contribution in [2.75, 3.05) is 0 Å². The summed E-state index contributed by atoms with van der Waals surface area (Å²) in [6, 6.07) is 5.14. The average molecular weight is 295 g/mol. The molecule has 2 aromatic heterocycles. The van der Waals surface area contributed by atoms with Gasteiger partial charge in [0.05, 0.1) is 11.0 Å². The van der Waals surface area contributed by atoms with E-state index >= 15 is 0 Å². The monoisotopic (exact) mass is 294 g/mol. The Morgan fingerprint density at radius 1 is 1.21 bits per heavy atom. The Labute approximate surface area is 117 Å². The normalized spacial score (nSPS) is 11.3. The van der Waals surface area contributed by atoms with Crippen LogP contribution in [-0.4, -0.2) is 19.7 Å². The van der Waals surface area contributed by atoms with Crippen molar-refractivity contribution in [2.24, 2.45) is 0 Å². The van der Waals surface area contributed by atoms with Gasteiger partial charge < -0.3 is 0 Å². The van der Waals surface area contributed by atoms with Crippen LogP contribution < -0.4 is 5.43 Å². The summed E-state index contributed by atoms with van der Waals surface area (Å²) >= 11 is 11.7. The minimum absolute atomic E-state index is 0.106.